The summed E-state index contributed by atoms with van der Waals surface area (Å²) in [5, 5.41) is 0.0560. The van der Waals surface area contributed by atoms with Gasteiger partial charge in [-0.25, -0.2) is 0 Å². The maximum atomic E-state index is 11.1. The smallest absolute Gasteiger partial charge is 0.187 e. The predicted octanol–water partition coefficient (Wildman–Crippen LogP) is 3.55. The third-order valence-corrected chi connectivity index (χ3v) is 4.07. The van der Waals surface area contributed by atoms with Crippen molar-refractivity contribution >= 4 is 33.8 Å². The third kappa shape index (κ3) is 4.41. The molecule has 0 heterocycles. The second kappa shape index (κ2) is 6.11. The average molecular weight is 254 g/mol. The molecule has 0 atom stereocenters. The van der Waals surface area contributed by atoms with Crippen molar-refractivity contribution in [2.75, 3.05) is 0 Å². The lowest BCUT2D eigenvalue weighted by molar-refractivity contribution is -0.109. The number of hydrogen-bond donors (Lipinski definition) is 0. The van der Waals surface area contributed by atoms with Crippen LogP contribution in [0.3, 0.4) is 0 Å². The van der Waals surface area contributed by atoms with Crippen LogP contribution in [0.2, 0.25) is 0 Å². The molecule has 16 heavy (non-hydrogen) atoms. The SMILES string of the molecule is CC(=O)SC(SC(C)=O)c1cccc(C)c1. The van der Waals surface area contributed by atoms with Gasteiger partial charge in [0, 0.05) is 13.8 Å². The van der Waals surface area contributed by atoms with Crippen molar-refractivity contribution in [3.05, 3.63) is 35.4 Å². The molecule has 0 aromatic heterocycles. The molecule has 0 spiro atoms. The summed E-state index contributed by atoms with van der Waals surface area (Å²) in [6.07, 6.45) is 0. The Morgan fingerprint density at radius 2 is 1.69 bits per heavy atom. The zero-order valence-electron chi connectivity index (χ0n) is 9.52. The van der Waals surface area contributed by atoms with Gasteiger partial charge in [0.1, 0.15) is 0 Å². The van der Waals surface area contributed by atoms with Gasteiger partial charge in [0.2, 0.25) is 0 Å². The minimum Gasteiger partial charge on any atom is -0.287 e. The van der Waals surface area contributed by atoms with Crippen LogP contribution >= 0.6 is 23.5 Å². The van der Waals surface area contributed by atoms with Crippen molar-refractivity contribution in [1.29, 1.82) is 0 Å². The fourth-order valence-electron chi connectivity index (χ4n) is 1.28. The van der Waals surface area contributed by atoms with Gasteiger partial charge in [-0.15, -0.1) is 0 Å². The van der Waals surface area contributed by atoms with Crippen LogP contribution in [-0.2, 0) is 9.59 Å². The third-order valence-electron chi connectivity index (χ3n) is 1.86. The first-order valence-electron chi connectivity index (χ1n) is 4.90. The van der Waals surface area contributed by atoms with Crippen LogP contribution in [0.15, 0.2) is 24.3 Å². The molecule has 1 rings (SSSR count). The van der Waals surface area contributed by atoms with E-state index in [0.29, 0.717) is 0 Å². The molecule has 0 aliphatic carbocycles. The molecule has 86 valence electrons. The number of hydrogen-bond acceptors (Lipinski definition) is 4. The summed E-state index contributed by atoms with van der Waals surface area (Å²) >= 11 is 2.39. The molecule has 0 aliphatic rings. The van der Waals surface area contributed by atoms with E-state index in [0.717, 1.165) is 11.1 Å². The molecule has 0 saturated heterocycles. The molecule has 0 amide bonds. The van der Waals surface area contributed by atoms with E-state index in [1.54, 1.807) is 0 Å². The Kier molecular flexibility index (Phi) is 5.09. The molecule has 2 nitrogen and oxygen atoms in total. The van der Waals surface area contributed by atoms with Crippen LogP contribution in [0.25, 0.3) is 0 Å². The van der Waals surface area contributed by atoms with Crippen LogP contribution in [0.5, 0.6) is 0 Å². The monoisotopic (exact) mass is 254 g/mol. The first-order chi connectivity index (χ1) is 7.49. The molecule has 0 unspecified atom stereocenters. The van der Waals surface area contributed by atoms with Crippen LogP contribution in [0, 0.1) is 6.92 Å². The highest BCUT2D eigenvalue weighted by atomic mass is 32.2. The van der Waals surface area contributed by atoms with Crippen LogP contribution in [-0.4, -0.2) is 10.2 Å². The fraction of sp³-hybridized carbons (Fsp3) is 0.333. The minimum absolute atomic E-state index is 0.0280. The maximum Gasteiger partial charge on any atom is 0.187 e. The standard InChI is InChI=1S/C12H14O2S2/c1-8-5-4-6-11(7-8)12(15-9(2)13)16-10(3)14/h4-7,12H,1-3H3. The van der Waals surface area contributed by atoms with E-state index in [4.69, 9.17) is 0 Å². The Labute approximate surface area is 104 Å². The first-order valence-corrected chi connectivity index (χ1v) is 6.66. The van der Waals surface area contributed by atoms with Crippen LogP contribution < -0.4 is 0 Å². The molecule has 1 aromatic rings. The molecular weight excluding hydrogens is 240 g/mol. The van der Waals surface area contributed by atoms with Crippen molar-refractivity contribution in [2.45, 2.75) is 25.4 Å². The van der Waals surface area contributed by atoms with Gasteiger partial charge in [-0.2, -0.15) is 0 Å². The van der Waals surface area contributed by atoms with Gasteiger partial charge in [0.05, 0.1) is 4.58 Å². The topological polar surface area (TPSA) is 34.1 Å². The zero-order chi connectivity index (χ0) is 12.1. The summed E-state index contributed by atoms with van der Waals surface area (Å²) in [5.74, 6) is 0. The second-order valence-electron chi connectivity index (χ2n) is 3.46. The van der Waals surface area contributed by atoms with E-state index in [-0.39, 0.29) is 14.8 Å². The van der Waals surface area contributed by atoms with Gasteiger partial charge in [-0.1, -0.05) is 53.4 Å². The molecule has 0 bridgehead atoms. The van der Waals surface area contributed by atoms with Crippen molar-refractivity contribution < 1.29 is 9.59 Å². The molecule has 1 aromatic carbocycles. The number of aryl methyl sites for hydroxylation is 1. The van der Waals surface area contributed by atoms with Gasteiger partial charge >= 0.3 is 0 Å². The molecule has 0 N–H and O–H groups in total. The predicted molar refractivity (Wildman–Crippen MR) is 70.5 cm³/mol. The Morgan fingerprint density at radius 3 is 2.12 bits per heavy atom. The summed E-state index contributed by atoms with van der Waals surface area (Å²) < 4.78 is -0.130. The molecule has 0 saturated carbocycles. The molecular formula is C12H14O2S2. The normalized spacial score (nSPS) is 10.5. The largest absolute Gasteiger partial charge is 0.287 e. The van der Waals surface area contributed by atoms with Gasteiger partial charge in [0.25, 0.3) is 0 Å². The molecule has 0 aliphatic heterocycles. The highest BCUT2D eigenvalue weighted by Gasteiger charge is 2.17. The van der Waals surface area contributed by atoms with E-state index in [2.05, 4.69) is 0 Å². The maximum absolute atomic E-state index is 11.1. The van der Waals surface area contributed by atoms with Crippen LogP contribution in [0.4, 0.5) is 0 Å². The molecule has 0 fully saturated rings. The lowest BCUT2D eigenvalue weighted by Gasteiger charge is -2.13. The van der Waals surface area contributed by atoms with E-state index in [9.17, 15) is 9.59 Å². The molecule has 0 radical (unpaired) electrons. The number of carbonyl (C=O) groups is 2. The number of benzene rings is 1. The van der Waals surface area contributed by atoms with Crippen molar-refractivity contribution in [3.63, 3.8) is 0 Å². The highest BCUT2D eigenvalue weighted by molar-refractivity contribution is 8.29. The van der Waals surface area contributed by atoms with E-state index < -0.39 is 0 Å². The Morgan fingerprint density at radius 1 is 1.12 bits per heavy atom. The summed E-state index contributed by atoms with van der Waals surface area (Å²) in [5.41, 5.74) is 2.15. The Hall–Kier alpha value is -0.740. The van der Waals surface area contributed by atoms with Gasteiger partial charge in [-0.05, 0) is 12.5 Å². The lowest BCUT2D eigenvalue weighted by atomic mass is 10.2. The average Bonchev–Trinajstić information content (AvgIpc) is 2.15. The van der Waals surface area contributed by atoms with E-state index in [1.807, 2.05) is 31.2 Å². The van der Waals surface area contributed by atoms with Gasteiger partial charge in [0.15, 0.2) is 10.2 Å². The van der Waals surface area contributed by atoms with Gasteiger partial charge in [-0.3, -0.25) is 9.59 Å². The Balaban J connectivity index is 2.90. The second-order valence-corrected chi connectivity index (χ2v) is 6.33. The Bertz CT molecular complexity index is 386. The minimum atomic E-state index is -0.130. The summed E-state index contributed by atoms with van der Waals surface area (Å²) in [6, 6.07) is 7.90. The fourth-order valence-corrected chi connectivity index (χ4v) is 3.45. The first kappa shape index (κ1) is 13.3. The van der Waals surface area contributed by atoms with Crippen LogP contribution in [0.1, 0.15) is 29.6 Å². The summed E-state index contributed by atoms with van der Waals surface area (Å²) in [4.78, 5) is 22.3. The quantitative estimate of drug-likeness (QED) is 0.772. The summed E-state index contributed by atoms with van der Waals surface area (Å²) in [6.45, 7) is 5.04. The summed E-state index contributed by atoms with van der Waals surface area (Å²) in [7, 11) is 0. The van der Waals surface area contributed by atoms with Gasteiger partial charge < -0.3 is 0 Å². The van der Waals surface area contributed by atoms with Crippen molar-refractivity contribution in [2.24, 2.45) is 0 Å². The number of thioether (sulfide) groups is 2. The van der Waals surface area contributed by atoms with E-state index in [1.165, 1.54) is 37.4 Å². The number of carbonyl (C=O) groups excluding carboxylic acids is 2. The van der Waals surface area contributed by atoms with Crippen molar-refractivity contribution in [1.82, 2.24) is 0 Å². The number of rotatable bonds is 3. The molecule has 4 heteroatoms. The lowest BCUT2D eigenvalue weighted by Crippen LogP contribution is -1.97. The van der Waals surface area contributed by atoms with E-state index >= 15 is 0 Å². The highest BCUT2D eigenvalue weighted by Crippen LogP contribution is 2.40. The zero-order valence-corrected chi connectivity index (χ0v) is 11.2. The van der Waals surface area contributed by atoms with Crippen molar-refractivity contribution in [3.8, 4) is 0 Å².